The summed E-state index contributed by atoms with van der Waals surface area (Å²) in [6, 6.07) is 4.04. The molecule has 0 aromatic heterocycles. The molecule has 0 aliphatic rings. The summed E-state index contributed by atoms with van der Waals surface area (Å²) in [4.78, 5) is 10.7. The van der Waals surface area contributed by atoms with Gasteiger partial charge in [0.2, 0.25) is 0 Å². The molecule has 1 aromatic rings. The summed E-state index contributed by atoms with van der Waals surface area (Å²) >= 11 is 0. The first-order valence-electron chi connectivity index (χ1n) is 16.5. The summed E-state index contributed by atoms with van der Waals surface area (Å²) in [5.41, 5.74) is 2.67. The molecule has 0 amide bonds. The van der Waals surface area contributed by atoms with Crippen molar-refractivity contribution in [1.29, 1.82) is 0 Å². The number of rotatable bonds is 20. The summed E-state index contributed by atoms with van der Waals surface area (Å²) in [5, 5.41) is 28.0. The molecule has 0 saturated heterocycles. The van der Waals surface area contributed by atoms with Crippen molar-refractivity contribution in [3.05, 3.63) is 28.8 Å². The Kier molecular flexibility index (Phi) is 21.2. The highest BCUT2D eigenvalue weighted by molar-refractivity contribution is 5.66. The number of unbranched alkanes of at least 4 members (excludes halogenated alkanes) is 15. The predicted octanol–water partition coefficient (Wildman–Crippen LogP) is 10.6. The third kappa shape index (κ3) is 19.5. The van der Waals surface area contributed by atoms with Gasteiger partial charge in [0.15, 0.2) is 0 Å². The van der Waals surface area contributed by atoms with Gasteiger partial charge in [-0.1, -0.05) is 157 Å². The smallest absolute Gasteiger partial charge is 0.303 e. The van der Waals surface area contributed by atoms with E-state index in [2.05, 4.69) is 48.5 Å². The fraction of sp³-hybridized carbons (Fsp3) is 0.806. The highest BCUT2D eigenvalue weighted by atomic mass is 16.4. The van der Waals surface area contributed by atoms with Gasteiger partial charge in [0.25, 0.3) is 0 Å². The average Bonchev–Trinajstić information content (AvgIpc) is 2.86. The van der Waals surface area contributed by atoms with Gasteiger partial charge in [-0.3, -0.25) is 4.79 Å². The summed E-state index contributed by atoms with van der Waals surface area (Å²) in [5.74, 6) is -0.391. The Hall–Kier alpha value is -1.55. The van der Waals surface area contributed by atoms with E-state index in [0.29, 0.717) is 18.8 Å². The molecule has 4 nitrogen and oxygen atoms in total. The normalized spacial score (nSPS) is 11.8. The van der Waals surface area contributed by atoms with Crippen LogP contribution in [0.3, 0.4) is 0 Å². The summed E-state index contributed by atoms with van der Waals surface area (Å²) in [6.07, 6.45) is 23.7. The van der Waals surface area contributed by atoms with Crippen LogP contribution < -0.4 is 0 Å². The number of aliphatic hydroxyl groups excluding tert-OH is 1. The summed E-state index contributed by atoms with van der Waals surface area (Å²) in [7, 11) is 0. The lowest BCUT2D eigenvalue weighted by molar-refractivity contribution is -0.137. The summed E-state index contributed by atoms with van der Waals surface area (Å²) < 4.78 is 0. The van der Waals surface area contributed by atoms with Crippen LogP contribution in [-0.2, 0) is 22.0 Å². The van der Waals surface area contributed by atoms with E-state index in [0.717, 1.165) is 29.5 Å². The minimum absolute atomic E-state index is 0.146. The fourth-order valence-corrected chi connectivity index (χ4v) is 5.09. The molecule has 0 aliphatic carbocycles. The molecule has 0 spiro atoms. The molecule has 234 valence electrons. The number of hydrogen-bond acceptors (Lipinski definition) is 3. The van der Waals surface area contributed by atoms with E-state index in [9.17, 15) is 9.90 Å². The Morgan fingerprint density at radius 1 is 0.625 bits per heavy atom. The second-order valence-corrected chi connectivity index (χ2v) is 13.8. The maximum Gasteiger partial charge on any atom is 0.303 e. The van der Waals surface area contributed by atoms with Crippen LogP contribution in [0.15, 0.2) is 12.1 Å². The zero-order valence-electron chi connectivity index (χ0n) is 27.5. The Balaban J connectivity index is 0.000000765. The van der Waals surface area contributed by atoms with Crippen molar-refractivity contribution >= 4 is 5.97 Å². The van der Waals surface area contributed by atoms with Crippen molar-refractivity contribution in [3.8, 4) is 5.75 Å². The quantitative estimate of drug-likeness (QED) is 0.138. The molecule has 0 unspecified atom stereocenters. The number of benzene rings is 1. The molecule has 40 heavy (non-hydrogen) atoms. The molecule has 3 N–H and O–H groups in total. The van der Waals surface area contributed by atoms with Gasteiger partial charge in [0, 0.05) is 13.0 Å². The third-order valence-electron chi connectivity index (χ3n) is 7.65. The van der Waals surface area contributed by atoms with Crippen molar-refractivity contribution < 1.29 is 20.1 Å². The third-order valence-corrected chi connectivity index (χ3v) is 7.65. The van der Waals surface area contributed by atoms with Gasteiger partial charge in [-0.2, -0.15) is 0 Å². The van der Waals surface area contributed by atoms with Crippen molar-refractivity contribution in [2.24, 2.45) is 0 Å². The van der Waals surface area contributed by atoms with Gasteiger partial charge in [-0.25, -0.2) is 0 Å². The fourth-order valence-electron chi connectivity index (χ4n) is 5.09. The number of aromatic hydroxyl groups is 1. The molecule has 0 radical (unpaired) electrons. The lowest BCUT2D eigenvalue weighted by atomic mass is 9.78. The molecule has 0 heterocycles. The van der Waals surface area contributed by atoms with Crippen LogP contribution in [0.25, 0.3) is 0 Å². The SMILES string of the molecule is CC(C)(C)c1cc(CCCC(=O)O)cc(C(C)(C)C)c1O.CCCCCCCCCCCCCCCCCCO. The van der Waals surface area contributed by atoms with Crippen LogP contribution in [0.1, 0.15) is 181 Å². The van der Waals surface area contributed by atoms with Crippen LogP contribution in [0.2, 0.25) is 0 Å². The minimum atomic E-state index is -0.763. The molecule has 1 rings (SSSR count). The monoisotopic (exact) mass is 562 g/mol. The molecule has 0 atom stereocenters. The number of aliphatic carboxylic acids is 1. The first kappa shape index (κ1) is 38.5. The Morgan fingerprint density at radius 3 is 1.27 bits per heavy atom. The minimum Gasteiger partial charge on any atom is -0.507 e. The topological polar surface area (TPSA) is 77.8 Å². The van der Waals surface area contributed by atoms with Crippen LogP contribution in [0.5, 0.6) is 5.75 Å². The zero-order chi connectivity index (χ0) is 30.4. The molecular weight excluding hydrogens is 496 g/mol. The lowest BCUT2D eigenvalue weighted by Crippen LogP contribution is -2.18. The summed E-state index contributed by atoms with van der Waals surface area (Å²) in [6.45, 7) is 15.1. The van der Waals surface area contributed by atoms with E-state index < -0.39 is 5.97 Å². The number of carbonyl (C=O) groups is 1. The Bertz CT molecular complexity index is 719. The van der Waals surface area contributed by atoms with Gasteiger partial charge in [-0.05, 0) is 46.8 Å². The maximum atomic E-state index is 10.7. The number of carboxylic acid groups (broad SMARTS) is 1. The molecule has 1 aromatic carbocycles. The van der Waals surface area contributed by atoms with E-state index >= 15 is 0 Å². The van der Waals surface area contributed by atoms with E-state index in [1.54, 1.807) is 0 Å². The predicted molar refractivity (Wildman–Crippen MR) is 173 cm³/mol. The van der Waals surface area contributed by atoms with Gasteiger partial charge in [-0.15, -0.1) is 0 Å². The van der Waals surface area contributed by atoms with E-state index in [1.807, 2.05) is 12.1 Å². The number of carboxylic acids is 1. The number of hydrogen-bond donors (Lipinski definition) is 3. The van der Waals surface area contributed by atoms with Gasteiger partial charge >= 0.3 is 5.97 Å². The average molecular weight is 563 g/mol. The molecule has 0 fully saturated rings. The zero-order valence-corrected chi connectivity index (χ0v) is 27.5. The molecule has 0 saturated carbocycles. The number of aliphatic hydroxyl groups is 1. The largest absolute Gasteiger partial charge is 0.507 e. The second-order valence-electron chi connectivity index (χ2n) is 13.8. The Morgan fingerprint density at radius 2 is 0.975 bits per heavy atom. The number of phenols is 1. The van der Waals surface area contributed by atoms with Crippen LogP contribution in [0, 0.1) is 0 Å². The van der Waals surface area contributed by atoms with Crippen LogP contribution in [-0.4, -0.2) is 27.9 Å². The molecule has 0 aliphatic heterocycles. The van der Waals surface area contributed by atoms with Gasteiger partial charge < -0.3 is 15.3 Å². The van der Waals surface area contributed by atoms with Gasteiger partial charge in [0.1, 0.15) is 5.75 Å². The van der Waals surface area contributed by atoms with Crippen molar-refractivity contribution in [2.75, 3.05) is 6.61 Å². The molecule has 4 heteroatoms. The molecule has 0 bridgehead atoms. The van der Waals surface area contributed by atoms with Crippen molar-refractivity contribution in [1.82, 2.24) is 0 Å². The standard InChI is InChI=1S/C18H28O3.C18H38O/c1-17(2,3)13-10-12(8-7-9-15(19)20)11-14(16(13)21)18(4,5)6;1-2-3-4-5-6-7-8-9-10-11-12-13-14-15-16-17-18-19/h10-11,21H,7-9H2,1-6H3,(H,19,20);19H,2-18H2,1H3. The molecular formula is C36H66O4. The first-order valence-corrected chi connectivity index (χ1v) is 16.5. The van der Waals surface area contributed by atoms with E-state index in [4.69, 9.17) is 10.2 Å². The number of phenolic OH excluding ortho intramolecular Hbond substituents is 1. The first-order chi connectivity index (χ1) is 18.8. The lowest BCUT2D eigenvalue weighted by Gasteiger charge is -2.28. The van der Waals surface area contributed by atoms with Crippen molar-refractivity contribution in [3.63, 3.8) is 0 Å². The number of aryl methyl sites for hydroxylation is 1. The van der Waals surface area contributed by atoms with Gasteiger partial charge in [0.05, 0.1) is 0 Å². The highest BCUT2D eigenvalue weighted by Crippen LogP contribution is 2.40. The van der Waals surface area contributed by atoms with Crippen LogP contribution >= 0.6 is 0 Å². The maximum absolute atomic E-state index is 10.7. The van der Waals surface area contributed by atoms with E-state index in [-0.39, 0.29) is 17.3 Å². The highest BCUT2D eigenvalue weighted by Gasteiger charge is 2.26. The van der Waals surface area contributed by atoms with Crippen molar-refractivity contribution in [2.45, 2.75) is 181 Å². The van der Waals surface area contributed by atoms with Crippen LogP contribution in [0.4, 0.5) is 0 Å². The van der Waals surface area contributed by atoms with E-state index in [1.165, 1.54) is 96.3 Å². The second kappa shape index (κ2) is 22.1. The Labute approximate surface area is 248 Å².